The fourth-order valence-electron chi connectivity index (χ4n) is 2.78. The van der Waals surface area contributed by atoms with Gasteiger partial charge in [-0.25, -0.2) is 0 Å². The maximum Gasteiger partial charge on any atom is 0.224 e. The lowest BCUT2D eigenvalue weighted by Gasteiger charge is -2.34. The Balaban J connectivity index is 1.68. The summed E-state index contributed by atoms with van der Waals surface area (Å²) in [5.41, 5.74) is 8.14. The summed E-state index contributed by atoms with van der Waals surface area (Å²) in [4.78, 5) is 14.3. The zero-order valence-electron chi connectivity index (χ0n) is 13.1. The molecule has 0 radical (unpaired) electrons. The van der Waals surface area contributed by atoms with Crippen molar-refractivity contribution in [3.8, 4) is 0 Å². The number of hydrogen-bond donors (Lipinski definition) is 2. The third-order valence-corrected chi connectivity index (χ3v) is 4.28. The average Bonchev–Trinajstić information content (AvgIpc) is 2.43. The largest absolute Gasteiger partial charge is 0.326 e. The van der Waals surface area contributed by atoms with Crippen LogP contribution in [0.3, 0.4) is 0 Å². The molecule has 2 atom stereocenters. The molecule has 1 aliphatic heterocycles. The number of likely N-dealkylation sites (tertiary alicyclic amines) is 1. The van der Waals surface area contributed by atoms with Crippen LogP contribution in [0.4, 0.5) is 5.69 Å². The van der Waals surface area contributed by atoms with Crippen LogP contribution in [-0.4, -0.2) is 36.5 Å². The number of amides is 1. The van der Waals surface area contributed by atoms with Gasteiger partial charge in [-0.15, -0.1) is 0 Å². The molecule has 1 aromatic rings. The number of nitrogens with zero attached hydrogens (tertiary/aromatic N) is 1. The van der Waals surface area contributed by atoms with Gasteiger partial charge in [0.15, 0.2) is 0 Å². The van der Waals surface area contributed by atoms with Gasteiger partial charge in [0.05, 0.1) is 0 Å². The van der Waals surface area contributed by atoms with Crippen LogP contribution in [0.25, 0.3) is 0 Å². The van der Waals surface area contributed by atoms with Crippen molar-refractivity contribution in [1.82, 2.24) is 4.90 Å². The maximum atomic E-state index is 11.9. The SMILES string of the molecule is Cc1cccc(NC(=O)CCCN2CCC(C)C(N)C2)c1. The Morgan fingerprint density at radius 3 is 3.00 bits per heavy atom. The Morgan fingerprint density at radius 1 is 1.48 bits per heavy atom. The topological polar surface area (TPSA) is 58.4 Å². The first-order valence-electron chi connectivity index (χ1n) is 7.89. The van der Waals surface area contributed by atoms with Gasteiger partial charge in [-0.3, -0.25) is 4.79 Å². The number of hydrogen-bond acceptors (Lipinski definition) is 3. The quantitative estimate of drug-likeness (QED) is 0.875. The van der Waals surface area contributed by atoms with Gasteiger partial charge in [-0.1, -0.05) is 19.1 Å². The molecule has 4 heteroatoms. The highest BCUT2D eigenvalue weighted by atomic mass is 16.1. The molecule has 0 spiro atoms. The van der Waals surface area contributed by atoms with Gasteiger partial charge in [0, 0.05) is 24.7 Å². The highest BCUT2D eigenvalue weighted by Crippen LogP contribution is 2.16. The van der Waals surface area contributed by atoms with Crippen LogP contribution in [0, 0.1) is 12.8 Å². The van der Waals surface area contributed by atoms with Crippen LogP contribution in [0.1, 0.15) is 31.7 Å². The minimum Gasteiger partial charge on any atom is -0.326 e. The second-order valence-electron chi connectivity index (χ2n) is 6.25. The Labute approximate surface area is 127 Å². The number of rotatable bonds is 5. The molecule has 116 valence electrons. The number of anilines is 1. The van der Waals surface area contributed by atoms with E-state index in [2.05, 4.69) is 17.1 Å². The smallest absolute Gasteiger partial charge is 0.224 e. The number of piperidine rings is 1. The van der Waals surface area contributed by atoms with Gasteiger partial charge in [-0.2, -0.15) is 0 Å². The van der Waals surface area contributed by atoms with Crippen molar-refractivity contribution in [2.75, 3.05) is 25.0 Å². The van der Waals surface area contributed by atoms with Gasteiger partial charge in [0.1, 0.15) is 0 Å². The standard InChI is InChI=1S/C17H27N3O/c1-13-5-3-6-15(11-13)19-17(21)7-4-9-20-10-8-14(2)16(18)12-20/h3,5-6,11,14,16H,4,7-10,12,18H2,1-2H3,(H,19,21). The molecule has 4 nitrogen and oxygen atoms in total. The van der Waals surface area contributed by atoms with E-state index in [1.165, 1.54) is 0 Å². The molecule has 2 rings (SSSR count). The Bertz CT molecular complexity index is 475. The summed E-state index contributed by atoms with van der Waals surface area (Å²) in [7, 11) is 0. The van der Waals surface area contributed by atoms with E-state index in [0.29, 0.717) is 12.3 Å². The molecule has 1 aromatic carbocycles. The fraction of sp³-hybridized carbons (Fsp3) is 0.588. The molecular formula is C17H27N3O. The van der Waals surface area contributed by atoms with Crippen LogP contribution in [0.2, 0.25) is 0 Å². The summed E-state index contributed by atoms with van der Waals surface area (Å²) in [6, 6.07) is 8.18. The van der Waals surface area contributed by atoms with E-state index < -0.39 is 0 Å². The molecule has 1 saturated heterocycles. The summed E-state index contributed by atoms with van der Waals surface area (Å²) in [6.07, 6.45) is 2.62. The van der Waals surface area contributed by atoms with Crippen molar-refractivity contribution in [2.45, 2.75) is 39.2 Å². The monoisotopic (exact) mass is 289 g/mol. The zero-order valence-corrected chi connectivity index (χ0v) is 13.1. The number of benzene rings is 1. The molecule has 1 aliphatic rings. The highest BCUT2D eigenvalue weighted by Gasteiger charge is 2.22. The Morgan fingerprint density at radius 2 is 2.29 bits per heavy atom. The molecule has 1 heterocycles. The molecule has 1 fully saturated rings. The first-order valence-corrected chi connectivity index (χ1v) is 7.89. The van der Waals surface area contributed by atoms with Crippen molar-refractivity contribution in [3.63, 3.8) is 0 Å². The lowest BCUT2D eigenvalue weighted by atomic mass is 9.94. The number of carbonyl (C=O) groups is 1. The maximum absolute atomic E-state index is 11.9. The van der Waals surface area contributed by atoms with E-state index in [1.54, 1.807) is 0 Å². The van der Waals surface area contributed by atoms with Crippen LogP contribution in [0.15, 0.2) is 24.3 Å². The zero-order chi connectivity index (χ0) is 15.2. The first-order chi connectivity index (χ1) is 10.0. The first kappa shape index (κ1) is 16.0. The normalized spacial score (nSPS) is 23.0. The lowest BCUT2D eigenvalue weighted by molar-refractivity contribution is -0.116. The molecular weight excluding hydrogens is 262 g/mol. The summed E-state index contributed by atoms with van der Waals surface area (Å²) >= 11 is 0. The fourth-order valence-corrected chi connectivity index (χ4v) is 2.78. The predicted molar refractivity (Wildman–Crippen MR) is 87.2 cm³/mol. The van der Waals surface area contributed by atoms with Gasteiger partial charge in [-0.05, 0) is 56.5 Å². The Hall–Kier alpha value is -1.39. The lowest BCUT2D eigenvalue weighted by Crippen LogP contribution is -2.47. The second kappa shape index (κ2) is 7.57. The van der Waals surface area contributed by atoms with Crippen LogP contribution < -0.4 is 11.1 Å². The molecule has 1 amide bonds. The van der Waals surface area contributed by atoms with Crippen molar-refractivity contribution < 1.29 is 4.79 Å². The number of nitrogens with one attached hydrogen (secondary N) is 1. The number of aryl methyl sites for hydroxylation is 1. The van der Waals surface area contributed by atoms with E-state index in [4.69, 9.17) is 5.73 Å². The number of carbonyl (C=O) groups excluding carboxylic acids is 1. The number of nitrogens with two attached hydrogens (primary N) is 1. The van der Waals surface area contributed by atoms with Crippen molar-refractivity contribution >= 4 is 11.6 Å². The average molecular weight is 289 g/mol. The van der Waals surface area contributed by atoms with E-state index in [9.17, 15) is 4.79 Å². The van der Waals surface area contributed by atoms with Gasteiger partial charge in [0.25, 0.3) is 0 Å². The van der Waals surface area contributed by atoms with E-state index >= 15 is 0 Å². The van der Waals surface area contributed by atoms with E-state index in [1.807, 2.05) is 31.2 Å². The molecule has 2 unspecified atom stereocenters. The predicted octanol–water partition coefficient (Wildman–Crippen LogP) is 2.38. The summed E-state index contributed by atoms with van der Waals surface area (Å²) in [5, 5.41) is 2.95. The van der Waals surface area contributed by atoms with Gasteiger partial charge < -0.3 is 16.0 Å². The van der Waals surface area contributed by atoms with Crippen molar-refractivity contribution in [3.05, 3.63) is 29.8 Å². The molecule has 0 bridgehead atoms. The summed E-state index contributed by atoms with van der Waals surface area (Å²) < 4.78 is 0. The summed E-state index contributed by atoms with van der Waals surface area (Å²) in [6.45, 7) is 7.27. The van der Waals surface area contributed by atoms with Gasteiger partial charge in [0.2, 0.25) is 5.91 Å². The minimum absolute atomic E-state index is 0.0928. The molecule has 3 N–H and O–H groups in total. The van der Waals surface area contributed by atoms with Crippen molar-refractivity contribution in [2.24, 2.45) is 11.7 Å². The van der Waals surface area contributed by atoms with Crippen LogP contribution in [0.5, 0.6) is 0 Å². The minimum atomic E-state index is 0.0928. The highest BCUT2D eigenvalue weighted by molar-refractivity contribution is 5.90. The van der Waals surface area contributed by atoms with Crippen LogP contribution in [-0.2, 0) is 4.79 Å². The molecule has 0 aliphatic carbocycles. The molecule has 21 heavy (non-hydrogen) atoms. The van der Waals surface area contributed by atoms with E-state index in [-0.39, 0.29) is 11.9 Å². The van der Waals surface area contributed by atoms with Gasteiger partial charge >= 0.3 is 0 Å². The third kappa shape index (κ3) is 5.14. The van der Waals surface area contributed by atoms with Crippen molar-refractivity contribution in [1.29, 1.82) is 0 Å². The molecule has 0 saturated carbocycles. The van der Waals surface area contributed by atoms with Crippen LogP contribution >= 0.6 is 0 Å². The second-order valence-corrected chi connectivity index (χ2v) is 6.25. The Kier molecular flexibility index (Phi) is 5.76. The van der Waals surface area contributed by atoms with E-state index in [0.717, 1.165) is 43.7 Å². The molecule has 0 aromatic heterocycles. The summed E-state index contributed by atoms with van der Waals surface area (Å²) in [5.74, 6) is 0.709. The third-order valence-electron chi connectivity index (χ3n) is 4.28.